The van der Waals surface area contributed by atoms with E-state index in [4.69, 9.17) is 23.2 Å². The average molecular weight is 197 g/mol. The summed E-state index contributed by atoms with van der Waals surface area (Å²) in [6, 6.07) is 0.513. The number of rotatable bonds is 1. The highest BCUT2D eigenvalue weighted by Gasteiger charge is 2.35. The molecule has 1 heterocycles. The summed E-state index contributed by atoms with van der Waals surface area (Å²) in [6.45, 7) is 6.07. The molecule has 2 nitrogen and oxygen atoms in total. The molecule has 1 atom stereocenters. The van der Waals surface area contributed by atoms with E-state index in [1.165, 1.54) is 0 Å². The van der Waals surface area contributed by atoms with Gasteiger partial charge in [-0.2, -0.15) is 0 Å². The smallest absolute Gasteiger partial charge is 0.104 e. The first-order chi connectivity index (χ1) is 5.08. The molecule has 0 aromatic heterocycles. The monoisotopic (exact) mass is 196 g/mol. The Bertz CT molecular complexity index is 138. The standard InChI is InChI=1S/C7H14Cl2N2/c1-7(2)6(9)11(5-8)4-3-10-7/h6,10H,3-5H2,1-2H3. The summed E-state index contributed by atoms with van der Waals surface area (Å²) in [6.07, 6.45) is 0. The van der Waals surface area contributed by atoms with Crippen molar-refractivity contribution in [2.75, 3.05) is 19.1 Å². The van der Waals surface area contributed by atoms with Crippen molar-refractivity contribution in [1.29, 1.82) is 0 Å². The van der Waals surface area contributed by atoms with E-state index in [-0.39, 0.29) is 11.0 Å². The van der Waals surface area contributed by atoms with Gasteiger partial charge in [0, 0.05) is 18.6 Å². The third kappa shape index (κ3) is 2.00. The molecule has 0 aromatic rings. The zero-order chi connectivity index (χ0) is 8.48. The van der Waals surface area contributed by atoms with Gasteiger partial charge in [0.05, 0.1) is 6.00 Å². The van der Waals surface area contributed by atoms with Crippen molar-refractivity contribution >= 4 is 23.2 Å². The van der Waals surface area contributed by atoms with Crippen molar-refractivity contribution in [1.82, 2.24) is 10.2 Å². The third-order valence-corrected chi connectivity index (χ3v) is 3.18. The molecule has 0 aromatic carbocycles. The molecule has 4 heteroatoms. The van der Waals surface area contributed by atoms with Gasteiger partial charge >= 0.3 is 0 Å². The fraction of sp³-hybridized carbons (Fsp3) is 1.00. The summed E-state index contributed by atoms with van der Waals surface area (Å²) < 4.78 is 0. The van der Waals surface area contributed by atoms with E-state index in [9.17, 15) is 0 Å². The molecular weight excluding hydrogens is 183 g/mol. The number of halogens is 2. The van der Waals surface area contributed by atoms with Crippen LogP contribution < -0.4 is 5.32 Å². The van der Waals surface area contributed by atoms with Gasteiger partial charge in [0.2, 0.25) is 0 Å². The van der Waals surface area contributed by atoms with Crippen molar-refractivity contribution in [3.63, 3.8) is 0 Å². The predicted octanol–water partition coefficient (Wildman–Crippen LogP) is 1.43. The van der Waals surface area contributed by atoms with Crippen LogP contribution in [0.1, 0.15) is 13.8 Å². The summed E-state index contributed by atoms with van der Waals surface area (Å²) >= 11 is 11.9. The molecular formula is C7H14Cl2N2. The average Bonchev–Trinajstić information content (AvgIpc) is 1.95. The highest BCUT2D eigenvalue weighted by molar-refractivity contribution is 6.22. The number of nitrogens with zero attached hydrogens (tertiary/aromatic N) is 1. The molecule has 1 aliphatic heterocycles. The topological polar surface area (TPSA) is 15.3 Å². The Morgan fingerprint density at radius 3 is 2.73 bits per heavy atom. The SMILES string of the molecule is CC1(C)NCCN(CCl)C1Cl. The number of piperazine rings is 1. The van der Waals surface area contributed by atoms with Gasteiger partial charge in [-0.05, 0) is 13.8 Å². The molecule has 0 aliphatic carbocycles. The third-order valence-electron chi connectivity index (χ3n) is 2.05. The Kier molecular flexibility index (Phi) is 3.03. The van der Waals surface area contributed by atoms with Crippen molar-refractivity contribution in [3.05, 3.63) is 0 Å². The molecule has 1 unspecified atom stereocenters. The Hall–Kier alpha value is 0.500. The van der Waals surface area contributed by atoms with Crippen molar-refractivity contribution in [2.45, 2.75) is 24.9 Å². The van der Waals surface area contributed by atoms with E-state index < -0.39 is 0 Å². The van der Waals surface area contributed by atoms with Gasteiger partial charge in [-0.15, -0.1) is 23.2 Å². The van der Waals surface area contributed by atoms with Gasteiger partial charge in [0.25, 0.3) is 0 Å². The van der Waals surface area contributed by atoms with Gasteiger partial charge < -0.3 is 5.32 Å². The normalized spacial score (nSPS) is 32.2. The Labute approximate surface area is 77.8 Å². The molecule has 1 rings (SSSR count). The fourth-order valence-corrected chi connectivity index (χ4v) is 1.87. The summed E-state index contributed by atoms with van der Waals surface area (Å²) in [5.41, 5.74) is -0.0388. The van der Waals surface area contributed by atoms with Gasteiger partial charge in [-0.25, -0.2) is 0 Å². The molecule has 1 fully saturated rings. The molecule has 11 heavy (non-hydrogen) atoms. The number of alkyl halides is 2. The highest BCUT2D eigenvalue weighted by Crippen LogP contribution is 2.22. The van der Waals surface area contributed by atoms with Gasteiger partial charge in [-0.3, -0.25) is 4.90 Å². The van der Waals surface area contributed by atoms with Gasteiger partial charge in [0.15, 0.2) is 0 Å². The van der Waals surface area contributed by atoms with Crippen molar-refractivity contribution in [2.24, 2.45) is 0 Å². The quantitative estimate of drug-likeness (QED) is 0.505. The maximum Gasteiger partial charge on any atom is 0.104 e. The first-order valence-electron chi connectivity index (χ1n) is 3.77. The van der Waals surface area contributed by atoms with Crippen LogP contribution in [0.15, 0.2) is 0 Å². The molecule has 1 saturated heterocycles. The predicted molar refractivity (Wildman–Crippen MR) is 49.1 cm³/mol. The first-order valence-corrected chi connectivity index (χ1v) is 4.74. The Morgan fingerprint density at radius 1 is 1.64 bits per heavy atom. The van der Waals surface area contributed by atoms with Crippen LogP contribution in [0.25, 0.3) is 0 Å². The number of nitrogens with one attached hydrogen (secondary N) is 1. The molecule has 66 valence electrons. The summed E-state index contributed by atoms with van der Waals surface area (Å²) in [7, 11) is 0. The van der Waals surface area contributed by atoms with Crippen LogP contribution in [-0.4, -0.2) is 35.0 Å². The van der Waals surface area contributed by atoms with E-state index >= 15 is 0 Å². The highest BCUT2D eigenvalue weighted by atomic mass is 35.5. The maximum atomic E-state index is 6.15. The minimum absolute atomic E-state index is 0.00579. The zero-order valence-corrected chi connectivity index (χ0v) is 8.41. The van der Waals surface area contributed by atoms with E-state index in [1.807, 2.05) is 0 Å². The Balaban J connectivity index is 2.60. The molecule has 1 N–H and O–H groups in total. The van der Waals surface area contributed by atoms with Crippen LogP contribution in [0.3, 0.4) is 0 Å². The summed E-state index contributed by atoms with van der Waals surface area (Å²) in [4.78, 5) is 2.06. The second kappa shape index (κ2) is 3.48. The first kappa shape index (κ1) is 9.59. The van der Waals surface area contributed by atoms with Crippen LogP contribution in [0.4, 0.5) is 0 Å². The van der Waals surface area contributed by atoms with Crippen molar-refractivity contribution < 1.29 is 0 Å². The van der Waals surface area contributed by atoms with Crippen LogP contribution in [0.5, 0.6) is 0 Å². The lowest BCUT2D eigenvalue weighted by molar-refractivity contribution is 0.147. The maximum absolute atomic E-state index is 6.15. The lowest BCUT2D eigenvalue weighted by Crippen LogP contribution is -2.61. The fourth-order valence-electron chi connectivity index (χ4n) is 1.30. The van der Waals surface area contributed by atoms with Crippen LogP contribution >= 0.6 is 23.2 Å². The van der Waals surface area contributed by atoms with E-state index in [0.717, 1.165) is 13.1 Å². The minimum Gasteiger partial charge on any atom is -0.308 e. The molecule has 0 saturated carbocycles. The van der Waals surface area contributed by atoms with Crippen molar-refractivity contribution in [3.8, 4) is 0 Å². The van der Waals surface area contributed by atoms with E-state index in [2.05, 4.69) is 24.1 Å². The molecule has 1 aliphatic rings. The summed E-state index contributed by atoms with van der Waals surface area (Å²) in [5.74, 6) is 0. The lowest BCUT2D eigenvalue weighted by atomic mass is 10.0. The molecule has 0 spiro atoms. The largest absolute Gasteiger partial charge is 0.308 e. The lowest BCUT2D eigenvalue weighted by Gasteiger charge is -2.42. The van der Waals surface area contributed by atoms with Gasteiger partial charge in [-0.1, -0.05) is 0 Å². The Morgan fingerprint density at radius 2 is 2.27 bits per heavy atom. The van der Waals surface area contributed by atoms with E-state index in [0.29, 0.717) is 6.00 Å². The molecule has 0 bridgehead atoms. The van der Waals surface area contributed by atoms with Crippen LogP contribution in [0.2, 0.25) is 0 Å². The number of hydrogen-bond acceptors (Lipinski definition) is 2. The second-order valence-corrected chi connectivity index (χ2v) is 4.07. The minimum atomic E-state index is -0.0330. The number of hydrogen-bond donors (Lipinski definition) is 1. The van der Waals surface area contributed by atoms with Crippen LogP contribution in [0, 0.1) is 0 Å². The summed E-state index contributed by atoms with van der Waals surface area (Å²) in [5, 5.41) is 3.34. The molecule has 0 amide bonds. The molecule has 0 radical (unpaired) electrons. The van der Waals surface area contributed by atoms with Gasteiger partial charge in [0.1, 0.15) is 5.50 Å². The van der Waals surface area contributed by atoms with E-state index in [1.54, 1.807) is 0 Å². The van der Waals surface area contributed by atoms with Crippen LogP contribution in [-0.2, 0) is 0 Å². The zero-order valence-electron chi connectivity index (χ0n) is 6.90. The second-order valence-electron chi connectivity index (χ2n) is 3.42.